The van der Waals surface area contributed by atoms with Crippen LogP contribution in [0.2, 0.25) is 0 Å². The highest BCUT2D eigenvalue weighted by Gasteiger charge is 2.25. The Labute approximate surface area is 177 Å². The molecule has 0 radical (unpaired) electrons. The summed E-state index contributed by atoms with van der Waals surface area (Å²) in [6, 6.07) is 14.3. The molecular formula is C24H31N3O3+2. The number of rotatable bonds is 6. The number of fused-ring (bicyclic) bond motifs is 1. The maximum atomic E-state index is 13.3. The summed E-state index contributed by atoms with van der Waals surface area (Å²) in [6.45, 7) is 8.18. The second-order valence-electron chi connectivity index (χ2n) is 8.15. The Morgan fingerprint density at radius 1 is 0.933 bits per heavy atom. The molecule has 4 rings (SSSR count). The van der Waals surface area contributed by atoms with E-state index < -0.39 is 0 Å². The van der Waals surface area contributed by atoms with Crippen molar-refractivity contribution < 1.29 is 19.3 Å². The molecule has 0 atom stereocenters. The molecular weight excluding hydrogens is 378 g/mol. The monoisotopic (exact) mass is 409 g/mol. The molecule has 1 aromatic heterocycles. The lowest BCUT2D eigenvalue weighted by atomic mass is 10.1. The van der Waals surface area contributed by atoms with Gasteiger partial charge in [0.05, 0.1) is 30.7 Å². The van der Waals surface area contributed by atoms with Gasteiger partial charge in [0, 0.05) is 17.3 Å². The van der Waals surface area contributed by atoms with E-state index in [1.807, 2.05) is 6.92 Å². The Kier molecular flexibility index (Phi) is 6.06. The van der Waals surface area contributed by atoms with Crippen molar-refractivity contribution in [3.63, 3.8) is 0 Å². The second kappa shape index (κ2) is 8.90. The van der Waals surface area contributed by atoms with E-state index in [-0.39, 0.29) is 5.43 Å². The molecule has 158 valence electrons. The standard InChI is InChI=1S/C24H29N3O3/c1-17-21(24(28)20-13-19(29-2)14-22(30-3)23(20)25-17)16-27-11-9-26(10-12-27)15-18-7-5-4-6-8-18/h4-8,13-14H,9-12,15-16H2,1-3H3,(H,25,28)/p+2. The quantitative estimate of drug-likeness (QED) is 0.550. The van der Waals surface area contributed by atoms with Crippen molar-refractivity contribution >= 4 is 10.9 Å². The van der Waals surface area contributed by atoms with Crippen LogP contribution in [0.4, 0.5) is 0 Å². The minimum atomic E-state index is 0.0741. The lowest BCUT2D eigenvalue weighted by Crippen LogP contribution is -3.27. The summed E-state index contributed by atoms with van der Waals surface area (Å²) in [5.74, 6) is 1.26. The number of aromatic nitrogens is 1. The average Bonchev–Trinajstić information content (AvgIpc) is 2.78. The van der Waals surface area contributed by atoms with Gasteiger partial charge >= 0.3 is 0 Å². The van der Waals surface area contributed by atoms with Crippen molar-refractivity contribution in [3.8, 4) is 11.5 Å². The van der Waals surface area contributed by atoms with Crippen LogP contribution in [0.1, 0.15) is 16.8 Å². The first kappa shape index (κ1) is 20.4. The van der Waals surface area contributed by atoms with Crippen molar-refractivity contribution in [2.75, 3.05) is 40.4 Å². The minimum Gasteiger partial charge on any atom is -0.497 e. The first-order chi connectivity index (χ1) is 14.6. The van der Waals surface area contributed by atoms with Crippen LogP contribution in [-0.2, 0) is 13.1 Å². The van der Waals surface area contributed by atoms with E-state index >= 15 is 0 Å². The molecule has 3 N–H and O–H groups in total. The number of aryl methyl sites for hydroxylation is 1. The topological polar surface area (TPSA) is 60.2 Å². The number of piperazine rings is 1. The van der Waals surface area contributed by atoms with Crippen molar-refractivity contribution in [1.29, 1.82) is 0 Å². The molecule has 0 spiro atoms. The Hall–Kier alpha value is -2.83. The van der Waals surface area contributed by atoms with E-state index in [4.69, 9.17) is 9.47 Å². The van der Waals surface area contributed by atoms with Crippen molar-refractivity contribution in [1.82, 2.24) is 4.98 Å². The maximum absolute atomic E-state index is 13.3. The molecule has 3 aromatic rings. The van der Waals surface area contributed by atoms with Gasteiger partial charge in [0.2, 0.25) is 0 Å². The van der Waals surface area contributed by atoms with Crippen LogP contribution in [0.25, 0.3) is 10.9 Å². The summed E-state index contributed by atoms with van der Waals surface area (Å²) in [5, 5.41) is 0.625. The fourth-order valence-electron chi connectivity index (χ4n) is 4.43. The van der Waals surface area contributed by atoms with Gasteiger partial charge in [0.1, 0.15) is 50.8 Å². The van der Waals surface area contributed by atoms with E-state index in [2.05, 4.69) is 35.3 Å². The molecule has 0 amide bonds. The Morgan fingerprint density at radius 2 is 1.60 bits per heavy atom. The minimum absolute atomic E-state index is 0.0741. The van der Waals surface area contributed by atoms with Crippen molar-refractivity contribution in [2.24, 2.45) is 0 Å². The fraction of sp³-hybridized carbons (Fsp3) is 0.375. The van der Waals surface area contributed by atoms with E-state index in [9.17, 15) is 4.79 Å². The van der Waals surface area contributed by atoms with Crippen LogP contribution in [0.5, 0.6) is 11.5 Å². The van der Waals surface area contributed by atoms with Gasteiger partial charge in [-0.05, 0) is 13.0 Å². The van der Waals surface area contributed by atoms with Gasteiger partial charge in [-0.1, -0.05) is 30.3 Å². The second-order valence-corrected chi connectivity index (χ2v) is 8.15. The Bertz CT molecular complexity index is 1070. The van der Waals surface area contributed by atoms with Crippen LogP contribution in [-0.4, -0.2) is 45.4 Å². The number of hydrogen-bond acceptors (Lipinski definition) is 3. The average molecular weight is 410 g/mol. The largest absolute Gasteiger partial charge is 0.497 e. The number of quaternary nitrogens is 2. The van der Waals surface area contributed by atoms with E-state index in [1.165, 1.54) is 10.5 Å². The van der Waals surface area contributed by atoms with Crippen molar-refractivity contribution in [2.45, 2.75) is 20.0 Å². The zero-order valence-corrected chi connectivity index (χ0v) is 18.0. The number of ether oxygens (including phenoxy) is 2. The zero-order chi connectivity index (χ0) is 21.1. The van der Waals surface area contributed by atoms with E-state index in [1.54, 1.807) is 31.3 Å². The molecule has 2 heterocycles. The first-order valence-electron chi connectivity index (χ1n) is 10.6. The zero-order valence-electron chi connectivity index (χ0n) is 18.0. The third-order valence-corrected chi connectivity index (χ3v) is 6.20. The van der Waals surface area contributed by atoms with E-state index in [0.717, 1.165) is 56.0 Å². The van der Waals surface area contributed by atoms with Gasteiger partial charge in [-0.3, -0.25) is 4.79 Å². The number of aromatic amines is 1. The van der Waals surface area contributed by atoms with Crippen LogP contribution in [0, 0.1) is 6.92 Å². The molecule has 0 bridgehead atoms. The van der Waals surface area contributed by atoms with E-state index in [0.29, 0.717) is 16.9 Å². The number of methoxy groups -OCH3 is 2. The predicted molar refractivity (Wildman–Crippen MR) is 118 cm³/mol. The molecule has 0 saturated carbocycles. The summed E-state index contributed by atoms with van der Waals surface area (Å²) in [6.07, 6.45) is 0. The SMILES string of the molecule is COc1cc(OC)c2[nH]c(C)c(C[NH+]3CC[NH+](Cc4ccccc4)CC3)c(=O)c2c1. The molecule has 1 aliphatic heterocycles. The Balaban J connectivity index is 1.51. The molecule has 6 nitrogen and oxygen atoms in total. The lowest BCUT2D eigenvalue weighted by molar-refractivity contribution is -1.02. The first-order valence-corrected chi connectivity index (χ1v) is 10.6. The summed E-state index contributed by atoms with van der Waals surface area (Å²) in [5.41, 5.74) is 3.98. The molecule has 6 heteroatoms. The molecule has 1 saturated heterocycles. The van der Waals surface area contributed by atoms with Gasteiger partial charge in [-0.2, -0.15) is 0 Å². The third kappa shape index (κ3) is 4.20. The van der Waals surface area contributed by atoms with Gasteiger partial charge in [-0.15, -0.1) is 0 Å². The third-order valence-electron chi connectivity index (χ3n) is 6.20. The summed E-state index contributed by atoms with van der Waals surface area (Å²) in [7, 11) is 3.21. The number of pyridine rings is 1. The smallest absolute Gasteiger partial charge is 0.198 e. The summed E-state index contributed by atoms with van der Waals surface area (Å²) < 4.78 is 10.8. The highest BCUT2D eigenvalue weighted by Crippen LogP contribution is 2.28. The van der Waals surface area contributed by atoms with Gasteiger partial charge in [0.25, 0.3) is 0 Å². The fourth-order valence-corrected chi connectivity index (χ4v) is 4.43. The van der Waals surface area contributed by atoms with Crippen LogP contribution in [0.15, 0.2) is 47.3 Å². The molecule has 1 aliphatic rings. The maximum Gasteiger partial charge on any atom is 0.198 e. The van der Waals surface area contributed by atoms with Crippen LogP contribution in [0.3, 0.4) is 0 Å². The Morgan fingerprint density at radius 3 is 2.23 bits per heavy atom. The highest BCUT2D eigenvalue weighted by atomic mass is 16.5. The number of nitrogens with one attached hydrogen (secondary N) is 3. The number of benzene rings is 2. The van der Waals surface area contributed by atoms with Crippen molar-refractivity contribution in [3.05, 3.63) is 69.5 Å². The van der Waals surface area contributed by atoms with Gasteiger partial charge < -0.3 is 24.3 Å². The molecule has 1 fully saturated rings. The summed E-state index contributed by atoms with van der Waals surface area (Å²) >= 11 is 0. The predicted octanol–water partition coefficient (Wildman–Crippen LogP) is 0.337. The van der Waals surface area contributed by atoms with Crippen LogP contribution < -0.4 is 24.7 Å². The summed E-state index contributed by atoms with van der Waals surface area (Å²) in [4.78, 5) is 19.8. The molecule has 0 unspecified atom stereocenters. The van der Waals surface area contributed by atoms with Gasteiger partial charge in [0.15, 0.2) is 5.43 Å². The van der Waals surface area contributed by atoms with Crippen LogP contribution >= 0.6 is 0 Å². The highest BCUT2D eigenvalue weighted by molar-refractivity contribution is 5.86. The molecule has 2 aromatic carbocycles. The normalized spacial score (nSPS) is 19.0. The molecule has 0 aliphatic carbocycles. The number of hydrogen-bond donors (Lipinski definition) is 3. The molecule has 30 heavy (non-hydrogen) atoms. The van der Waals surface area contributed by atoms with Gasteiger partial charge in [-0.25, -0.2) is 0 Å². The number of H-pyrrole nitrogens is 1. The lowest BCUT2D eigenvalue weighted by Gasteiger charge is -2.30.